The van der Waals surface area contributed by atoms with Gasteiger partial charge in [-0.25, -0.2) is 0 Å². The summed E-state index contributed by atoms with van der Waals surface area (Å²) in [4.78, 5) is 38.0. The van der Waals surface area contributed by atoms with Gasteiger partial charge in [0.05, 0.1) is 16.5 Å². The number of Topliss-reactive ketones (excluding diaryl/α,β-unsaturated/α-hetero) is 1. The normalized spacial score (nSPS) is 17.7. The standard InChI is InChI=1S/C24H18N2O5/c1-15-7-5-11-18(13-15)25-21(16-8-3-2-4-9-16)20(23(28)24(25)29)22(27)17-10-6-12-19(14-17)26(30)31/h2-14,21,27H,1H3/b22-20-. The molecule has 0 saturated carbocycles. The highest BCUT2D eigenvalue weighted by Crippen LogP contribution is 2.42. The number of carbonyl (C=O) groups is 2. The Morgan fingerprint density at radius 2 is 1.68 bits per heavy atom. The van der Waals surface area contributed by atoms with E-state index in [1.807, 2.05) is 19.1 Å². The Morgan fingerprint density at radius 3 is 2.35 bits per heavy atom. The monoisotopic (exact) mass is 414 g/mol. The number of nitro benzene ring substituents is 1. The van der Waals surface area contributed by atoms with Gasteiger partial charge in [-0.2, -0.15) is 0 Å². The second-order valence-corrected chi connectivity index (χ2v) is 7.23. The molecular weight excluding hydrogens is 396 g/mol. The molecule has 0 radical (unpaired) electrons. The molecule has 7 nitrogen and oxygen atoms in total. The quantitative estimate of drug-likeness (QED) is 0.222. The summed E-state index contributed by atoms with van der Waals surface area (Å²) in [6.45, 7) is 1.88. The summed E-state index contributed by atoms with van der Waals surface area (Å²) >= 11 is 0. The third-order valence-corrected chi connectivity index (χ3v) is 5.17. The summed E-state index contributed by atoms with van der Waals surface area (Å²) in [5.74, 6) is -2.07. The van der Waals surface area contributed by atoms with Crippen molar-refractivity contribution in [3.63, 3.8) is 0 Å². The fraction of sp³-hybridized carbons (Fsp3) is 0.0833. The van der Waals surface area contributed by atoms with Gasteiger partial charge in [0, 0.05) is 23.4 Å². The molecule has 0 spiro atoms. The first-order valence-corrected chi connectivity index (χ1v) is 9.56. The highest BCUT2D eigenvalue weighted by atomic mass is 16.6. The summed E-state index contributed by atoms with van der Waals surface area (Å²) in [5, 5.41) is 22.2. The first kappa shape index (κ1) is 20.0. The molecule has 31 heavy (non-hydrogen) atoms. The van der Waals surface area contributed by atoms with E-state index < -0.39 is 28.4 Å². The van der Waals surface area contributed by atoms with E-state index in [0.29, 0.717) is 11.3 Å². The Hall–Kier alpha value is -4.26. The Kier molecular flexibility index (Phi) is 5.09. The molecule has 1 amide bonds. The van der Waals surface area contributed by atoms with Gasteiger partial charge in [-0.3, -0.25) is 24.6 Å². The molecule has 154 valence electrons. The SMILES string of the molecule is Cc1cccc(N2C(=O)C(=O)/C(=C(\O)c3cccc([N+](=O)[O-])c3)C2c2ccccc2)c1. The molecule has 0 bridgehead atoms. The summed E-state index contributed by atoms with van der Waals surface area (Å²) < 4.78 is 0. The van der Waals surface area contributed by atoms with Gasteiger partial charge >= 0.3 is 0 Å². The number of anilines is 1. The van der Waals surface area contributed by atoms with Crippen LogP contribution in [0.25, 0.3) is 5.76 Å². The van der Waals surface area contributed by atoms with Crippen LogP contribution in [0.2, 0.25) is 0 Å². The molecule has 0 aromatic heterocycles. The lowest BCUT2D eigenvalue weighted by atomic mass is 9.95. The topological polar surface area (TPSA) is 101 Å². The molecule has 3 aromatic rings. The number of ketones is 1. The number of hydrogen-bond donors (Lipinski definition) is 1. The molecule has 1 atom stereocenters. The van der Waals surface area contributed by atoms with Crippen molar-refractivity contribution in [3.05, 3.63) is 111 Å². The number of rotatable bonds is 4. The number of amides is 1. The number of aliphatic hydroxyl groups excluding tert-OH is 1. The Balaban J connectivity index is 1.95. The van der Waals surface area contributed by atoms with Crippen molar-refractivity contribution in [2.24, 2.45) is 0 Å². The average Bonchev–Trinajstić information content (AvgIpc) is 3.04. The minimum atomic E-state index is -0.873. The van der Waals surface area contributed by atoms with Crippen LogP contribution in [0.15, 0.2) is 84.4 Å². The van der Waals surface area contributed by atoms with E-state index in [1.54, 1.807) is 42.5 Å². The lowest BCUT2D eigenvalue weighted by molar-refractivity contribution is -0.384. The summed E-state index contributed by atoms with van der Waals surface area (Å²) in [7, 11) is 0. The van der Waals surface area contributed by atoms with Gasteiger partial charge < -0.3 is 5.11 Å². The van der Waals surface area contributed by atoms with E-state index in [0.717, 1.165) is 5.56 Å². The Labute approximate surface area is 178 Å². The number of carbonyl (C=O) groups excluding carboxylic acids is 2. The van der Waals surface area contributed by atoms with Crippen molar-refractivity contribution in [3.8, 4) is 0 Å². The van der Waals surface area contributed by atoms with Crippen LogP contribution >= 0.6 is 0 Å². The van der Waals surface area contributed by atoms with Gasteiger partial charge in [0.2, 0.25) is 0 Å². The van der Waals surface area contributed by atoms with Gasteiger partial charge in [0.1, 0.15) is 5.76 Å². The predicted octanol–water partition coefficient (Wildman–Crippen LogP) is 4.53. The molecule has 4 rings (SSSR count). The van der Waals surface area contributed by atoms with E-state index in [-0.39, 0.29) is 16.8 Å². The van der Waals surface area contributed by atoms with Crippen molar-refractivity contribution < 1.29 is 19.6 Å². The molecule has 1 N–H and O–H groups in total. The molecule has 3 aromatic carbocycles. The first-order valence-electron chi connectivity index (χ1n) is 9.56. The van der Waals surface area contributed by atoms with E-state index in [4.69, 9.17) is 0 Å². The Bertz CT molecular complexity index is 1230. The van der Waals surface area contributed by atoms with Crippen molar-refractivity contribution in [2.75, 3.05) is 4.90 Å². The molecule has 1 heterocycles. The minimum Gasteiger partial charge on any atom is -0.507 e. The molecule has 1 fully saturated rings. The molecule has 1 aliphatic rings. The van der Waals surface area contributed by atoms with Crippen LogP contribution in [0.3, 0.4) is 0 Å². The van der Waals surface area contributed by atoms with Crippen molar-refractivity contribution in [2.45, 2.75) is 13.0 Å². The van der Waals surface area contributed by atoms with Crippen LogP contribution in [0.5, 0.6) is 0 Å². The lowest BCUT2D eigenvalue weighted by Crippen LogP contribution is -2.29. The van der Waals surface area contributed by atoms with Gasteiger partial charge in [0.15, 0.2) is 0 Å². The van der Waals surface area contributed by atoms with Crippen molar-refractivity contribution in [1.29, 1.82) is 0 Å². The first-order chi connectivity index (χ1) is 14.9. The Morgan fingerprint density at radius 1 is 0.968 bits per heavy atom. The number of benzene rings is 3. The van der Waals surface area contributed by atoms with Crippen LogP contribution in [0.4, 0.5) is 11.4 Å². The van der Waals surface area contributed by atoms with Gasteiger partial charge in [-0.1, -0.05) is 54.6 Å². The van der Waals surface area contributed by atoms with Gasteiger partial charge in [-0.15, -0.1) is 0 Å². The van der Waals surface area contributed by atoms with Crippen LogP contribution in [0.1, 0.15) is 22.7 Å². The maximum absolute atomic E-state index is 13.0. The van der Waals surface area contributed by atoms with Crippen molar-refractivity contribution in [1.82, 2.24) is 0 Å². The number of nitro groups is 1. The summed E-state index contributed by atoms with van der Waals surface area (Å²) in [6, 6.07) is 20.5. The van der Waals surface area contributed by atoms with E-state index in [2.05, 4.69) is 0 Å². The fourth-order valence-corrected chi connectivity index (χ4v) is 3.75. The number of aryl methyl sites for hydroxylation is 1. The molecule has 1 saturated heterocycles. The maximum Gasteiger partial charge on any atom is 0.300 e. The van der Waals surface area contributed by atoms with E-state index >= 15 is 0 Å². The summed E-state index contributed by atoms with van der Waals surface area (Å²) in [5.41, 5.74) is 1.82. The second-order valence-electron chi connectivity index (χ2n) is 7.23. The third-order valence-electron chi connectivity index (χ3n) is 5.17. The molecule has 1 unspecified atom stereocenters. The van der Waals surface area contributed by atoms with E-state index in [9.17, 15) is 24.8 Å². The molecule has 1 aliphatic heterocycles. The highest BCUT2D eigenvalue weighted by Gasteiger charge is 2.47. The second kappa shape index (κ2) is 7.87. The number of aliphatic hydroxyl groups is 1. The summed E-state index contributed by atoms with van der Waals surface area (Å²) in [6.07, 6.45) is 0. The zero-order valence-electron chi connectivity index (χ0n) is 16.6. The van der Waals surface area contributed by atoms with Crippen LogP contribution in [-0.2, 0) is 9.59 Å². The maximum atomic E-state index is 13.0. The van der Waals surface area contributed by atoms with Gasteiger partial charge in [-0.05, 0) is 30.2 Å². The molecular formula is C24H18N2O5. The number of hydrogen-bond acceptors (Lipinski definition) is 5. The smallest absolute Gasteiger partial charge is 0.300 e. The fourth-order valence-electron chi connectivity index (χ4n) is 3.75. The van der Waals surface area contributed by atoms with Crippen molar-refractivity contribution >= 4 is 28.8 Å². The molecule has 7 heteroatoms. The van der Waals surface area contributed by atoms with E-state index in [1.165, 1.54) is 29.2 Å². The predicted molar refractivity (Wildman–Crippen MR) is 116 cm³/mol. The largest absolute Gasteiger partial charge is 0.507 e. The highest BCUT2D eigenvalue weighted by molar-refractivity contribution is 6.51. The lowest BCUT2D eigenvalue weighted by Gasteiger charge is -2.25. The zero-order valence-corrected chi connectivity index (χ0v) is 16.6. The average molecular weight is 414 g/mol. The molecule has 0 aliphatic carbocycles. The zero-order chi connectivity index (χ0) is 22.1. The van der Waals surface area contributed by atoms with Gasteiger partial charge in [0.25, 0.3) is 17.4 Å². The van der Waals surface area contributed by atoms with Crippen LogP contribution < -0.4 is 4.90 Å². The van der Waals surface area contributed by atoms with Crippen LogP contribution in [-0.4, -0.2) is 21.7 Å². The minimum absolute atomic E-state index is 0.0948. The number of non-ortho nitro benzene ring substituents is 1. The number of nitrogens with zero attached hydrogens (tertiary/aromatic N) is 2. The van der Waals surface area contributed by atoms with Crippen LogP contribution in [0, 0.1) is 17.0 Å². The third kappa shape index (κ3) is 3.57.